The van der Waals surface area contributed by atoms with E-state index in [-0.39, 0.29) is 0 Å². The number of benzene rings is 1. The van der Waals surface area contributed by atoms with Crippen molar-refractivity contribution in [3.05, 3.63) is 18.2 Å². The molecule has 4 heteroatoms. The molecule has 0 amide bonds. The molecule has 0 saturated carbocycles. The van der Waals surface area contributed by atoms with Crippen molar-refractivity contribution < 1.29 is 14.6 Å². The van der Waals surface area contributed by atoms with Crippen molar-refractivity contribution in [2.45, 2.75) is 79.1 Å². The zero-order chi connectivity index (χ0) is 19.9. The fourth-order valence-corrected chi connectivity index (χ4v) is 3.61. The Hall–Kier alpha value is -1.05. The summed E-state index contributed by atoms with van der Waals surface area (Å²) in [6.07, 6.45) is 9.60. The van der Waals surface area contributed by atoms with E-state index in [1.165, 1.54) is 38.5 Å². The van der Waals surface area contributed by atoms with Crippen molar-refractivity contribution in [3.63, 3.8) is 0 Å². The van der Waals surface area contributed by atoms with E-state index >= 15 is 0 Å². The second-order valence-electron chi connectivity index (χ2n) is 7.32. The van der Waals surface area contributed by atoms with Crippen LogP contribution in [0.4, 0.5) is 0 Å². The van der Waals surface area contributed by atoms with Gasteiger partial charge in [0.05, 0.1) is 13.2 Å². The highest BCUT2D eigenvalue weighted by Crippen LogP contribution is 2.24. The lowest BCUT2D eigenvalue weighted by Gasteiger charge is -2.19. The Morgan fingerprint density at radius 3 is 2.04 bits per heavy atom. The summed E-state index contributed by atoms with van der Waals surface area (Å²) in [4.78, 5) is 0. The summed E-state index contributed by atoms with van der Waals surface area (Å²) in [7, 11) is 0.645. The quantitative estimate of drug-likeness (QED) is 0.366. The molecule has 154 valence electrons. The standard InChI is InChI=1S/C23H39O3P/c1-5-9-11-19(7-3)16-25-21-13-14-23(27-18-24)22(15-21)26-17-20(8-4)12-10-6-2/h13-15,18-20,24H,5-12,16-17H2,1-4H3/p-1. The molecule has 1 aromatic rings. The first-order chi connectivity index (χ1) is 13.2. The monoisotopic (exact) mass is 393 g/mol. The molecule has 0 N–H and O–H groups in total. The normalized spacial score (nSPS) is 13.7. The van der Waals surface area contributed by atoms with Crippen LogP contribution in [0.1, 0.15) is 79.1 Å². The molecule has 0 aliphatic rings. The highest BCUT2D eigenvalue weighted by Gasteiger charge is 2.11. The lowest BCUT2D eigenvalue weighted by molar-refractivity contribution is -0.195. The van der Waals surface area contributed by atoms with Gasteiger partial charge in [-0.15, -0.1) is 0 Å². The Kier molecular flexibility index (Phi) is 13.3. The van der Waals surface area contributed by atoms with E-state index < -0.39 is 0 Å². The van der Waals surface area contributed by atoms with Gasteiger partial charge in [-0.1, -0.05) is 74.4 Å². The second kappa shape index (κ2) is 14.9. The molecule has 3 nitrogen and oxygen atoms in total. The second-order valence-corrected chi connectivity index (χ2v) is 8.27. The average molecular weight is 394 g/mol. The zero-order valence-electron chi connectivity index (χ0n) is 17.7. The van der Waals surface area contributed by atoms with Gasteiger partial charge in [0.15, 0.2) is 0 Å². The first kappa shape index (κ1) is 24.0. The molecule has 0 heterocycles. The maximum absolute atomic E-state index is 11.0. The molecule has 0 spiro atoms. The third kappa shape index (κ3) is 9.63. The van der Waals surface area contributed by atoms with Crippen LogP contribution in [-0.4, -0.2) is 19.2 Å². The maximum Gasteiger partial charge on any atom is 0.134 e. The first-order valence-corrected chi connectivity index (χ1v) is 11.7. The largest absolute Gasteiger partial charge is 0.830 e. The summed E-state index contributed by atoms with van der Waals surface area (Å²) >= 11 is 0. The lowest BCUT2D eigenvalue weighted by Crippen LogP contribution is -2.15. The molecule has 0 radical (unpaired) electrons. The van der Waals surface area contributed by atoms with Gasteiger partial charge in [0.25, 0.3) is 0 Å². The third-order valence-corrected chi connectivity index (χ3v) is 5.92. The molecular formula is C23H38O3P-. The van der Waals surface area contributed by atoms with Crippen LogP contribution in [0, 0.1) is 11.8 Å². The minimum absolute atomic E-state index is 0.564. The fraction of sp³-hybridized carbons (Fsp3) is 0.696. The number of rotatable bonds is 15. The number of hydrogen-bond acceptors (Lipinski definition) is 3. The Bertz CT molecular complexity index is 530. The van der Waals surface area contributed by atoms with E-state index in [1.807, 2.05) is 18.2 Å². The van der Waals surface area contributed by atoms with Gasteiger partial charge in [-0.3, -0.25) is 0 Å². The van der Waals surface area contributed by atoms with Crippen molar-refractivity contribution in [2.75, 3.05) is 13.2 Å². The van der Waals surface area contributed by atoms with E-state index in [9.17, 15) is 5.11 Å². The van der Waals surface area contributed by atoms with Crippen molar-refractivity contribution >= 4 is 19.5 Å². The third-order valence-electron chi connectivity index (χ3n) is 5.17. The zero-order valence-corrected chi connectivity index (χ0v) is 18.6. The lowest BCUT2D eigenvalue weighted by atomic mass is 10.0. The van der Waals surface area contributed by atoms with Gasteiger partial charge in [-0.05, 0) is 36.8 Å². The minimum atomic E-state index is 0.564. The Morgan fingerprint density at radius 2 is 1.52 bits per heavy atom. The number of ether oxygens (including phenoxy) is 2. The fourth-order valence-electron chi connectivity index (χ4n) is 3.08. The van der Waals surface area contributed by atoms with Crippen molar-refractivity contribution in [1.82, 2.24) is 0 Å². The minimum Gasteiger partial charge on any atom is -0.830 e. The van der Waals surface area contributed by atoms with Gasteiger partial charge in [0, 0.05) is 11.4 Å². The summed E-state index contributed by atoms with van der Waals surface area (Å²) in [6.45, 7) is 10.3. The van der Waals surface area contributed by atoms with Crippen molar-refractivity contribution in [3.8, 4) is 11.5 Å². The summed E-state index contributed by atoms with van der Waals surface area (Å²) in [5, 5.41) is 11.9. The van der Waals surface area contributed by atoms with Crippen LogP contribution in [-0.2, 0) is 0 Å². The molecule has 0 aliphatic heterocycles. The van der Waals surface area contributed by atoms with Gasteiger partial charge < -0.3 is 14.6 Å². The van der Waals surface area contributed by atoms with E-state index in [0.29, 0.717) is 26.6 Å². The summed E-state index contributed by atoms with van der Waals surface area (Å²) in [5.41, 5.74) is 0. The average Bonchev–Trinajstić information content (AvgIpc) is 2.70. The summed E-state index contributed by atoms with van der Waals surface area (Å²) < 4.78 is 12.2. The van der Waals surface area contributed by atoms with Gasteiger partial charge in [-0.25, -0.2) is 0 Å². The van der Waals surface area contributed by atoms with Gasteiger partial charge >= 0.3 is 0 Å². The van der Waals surface area contributed by atoms with Gasteiger partial charge in [-0.2, -0.15) is 5.98 Å². The van der Waals surface area contributed by atoms with Crippen molar-refractivity contribution in [2.24, 2.45) is 11.8 Å². The molecule has 2 atom stereocenters. The Morgan fingerprint density at radius 1 is 0.926 bits per heavy atom. The van der Waals surface area contributed by atoms with E-state index in [0.717, 1.165) is 42.2 Å². The highest BCUT2D eigenvalue weighted by molar-refractivity contribution is 7.46. The number of hydrogen-bond donors (Lipinski definition) is 0. The van der Waals surface area contributed by atoms with Crippen LogP contribution in [0.15, 0.2) is 18.2 Å². The number of unbranched alkanes of at least 4 members (excludes halogenated alkanes) is 2. The van der Waals surface area contributed by atoms with Crippen LogP contribution in [0.3, 0.4) is 0 Å². The predicted octanol–water partition coefficient (Wildman–Crippen LogP) is 5.57. The van der Waals surface area contributed by atoms with Gasteiger partial charge in [0.2, 0.25) is 0 Å². The SMILES string of the molecule is CCCCC(CC)COc1ccc(P=C[O-])c(OCC(CC)CCCC)c1. The smallest absolute Gasteiger partial charge is 0.134 e. The maximum atomic E-state index is 11.0. The molecule has 0 bridgehead atoms. The predicted molar refractivity (Wildman–Crippen MR) is 117 cm³/mol. The first-order valence-electron chi connectivity index (χ1n) is 10.7. The van der Waals surface area contributed by atoms with E-state index in [4.69, 9.17) is 9.47 Å². The molecule has 0 aliphatic carbocycles. The molecule has 0 fully saturated rings. The molecule has 0 saturated heterocycles. The molecule has 1 aromatic carbocycles. The molecule has 0 aromatic heterocycles. The summed E-state index contributed by atoms with van der Waals surface area (Å²) in [6, 6.07) is 5.88. The van der Waals surface area contributed by atoms with Crippen LogP contribution in [0.5, 0.6) is 11.5 Å². The molecule has 1 rings (SSSR count). The van der Waals surface area contributed by atoms with E-state index in [1.54, 1.807) is 0 Å². The van der Waals surface area contributed by atoms with Crippen LogP contribution in [0.2, 0.25) is 0 Å². The molecule has 2 unspecified atom stereocenters. The molecular weight excluding hydrogens is 355 g/mol. The Balaban J connectivity index is 2.74. The van der Waals surface area contributed by atoms with Crippen LogP contribution < -0.4 is 19.9 Å². The summed E-state index contributed by atoms with van der Waals surface area (Å²) in [5.74, 6) is 3.70. The van der Waals surface area contributed by atoms with E-state index in [2.05, 4.69) is 27.7 Å². The molecule has 27 heavy (non-hydrogen) atoms. The highest BCUT2D eigenvalue weighted by atomic mass is 31.1. The topological polar surface area (TPSA) is 41.5 Å². The van der Waals surface area contributed by atoms with Gasteiger partial charge in [0.1, 0.15) is 11.5 Å². The Labute approximate surface area is 168 Å². The van der Waals surface area contributed by atoms with Crippen molar-refractivity contribution in [1.29, 1.82) is 0 Å². The van der Waals surface area contributed by atoms with Crippen LogP contribution in [0.25, 0.3) is 0 Å². The van der Waals surface area contributed by atoms with Crippen LogP contribution >= 0.6 is 8.20 Å².